The standard InChI is InChI=1S/C5H15N3.C4H8O2.Ag/c1-7-4-5-8-3-2-6;1-3(2)4(5)6;/h7-8H,2-6H2,1H3;3H,1-2H3,(H,5,6);/q;;+1/p-1. The number of aliphatic carboxylic acids is 1. The van der Waals surface area contributed by atoms with Gasteiger partial charge in [-0.05, 0) is 13.0 Å². The van der Waals surface area contributed by atoms with Crippen molar-refractivity contribution in [2.45, 2.75) is 13.8 Å². The van der Waals surface area contributed by atoms with Crippen molar-refractivity contribution in [2.24, 2.45) is 11.7 Å². The molecular formula is C9H22AgN3O2. The minimum absolute atomic E-state index is 0. The number of rotatable bonds is 6. The molecule has 5 nitrogen and oxygen atoms in total. The van der Waals surface area contributed by atoms with E-state index >= 15 is 0 Å². The Morgan fingerprint density at radius 2 is 1.80 bits per heavy atom. The molecule has 0 aliphatic carbocycles. The van der Waals surface area contributed by atoms with E-state index in [2.05, 4.69) is 10.6 Å². The van der Waals surface area contributed by atoms with Crippen LogP contribution in [0.25, 0.3) is 0 Å². The number of carbonyl (C=O) groups excluding carboxylic acids is 1. The van der Waals surface area contributed by atoms with Crippen LogP contribution in [0.15, 0.2) is 0 Å². The van der Waals surface area contributed by atoms with E-state index in [4.69, 9.17) is 5.73 Å². The summed E-state index contributed by atoms with van der Waals surface area (Å²) in [5.74, 6) is -1.33. The SMILES string of the molecule is CC(C)C(=O)[O-].CNCCNCCN.[Ag+]. The Hall–Kier alpha value is 0.0903. The Bertz CT molecular complexity index is 129. The Balaban J connectivity index is -0.000000187. The normalized spacial score (nSPS) is 8.87. The van der Waals surface area contributed by atoms with E-state index in [0.29, 0.717) is 0 Å². The van der Waals surface area contributed by atoms with Crippen LogP contribution in [0.1, 0.15) is 13.8 Å². The van der Waals surface area contributed by atoms with Crippen LogP contribution in [0.4, 0.5) is 0 Å². The van der Waals surface area contributed by atoms with Crippen molar-refractivity contribution in [2.75, 3.05) is 33.2 Å². The van der Waals surface area contributed by atoms with Gasteiger partial charge in [0.25, 0.3) is 0 Å². The van der Waals surface area contributed by atoms with Crippen LogP contribution in [0.3, 0.4) is 0 Å². The maximum absolute atomic E-state index is 9.59. The van der Waals surface area contributed by atoms with Crippen LogP contribution in [-0.2, 0) is 27.2 Å². The summed E-state index contributed by atoms with van der Waals surface area (Å²) in [6, 6.07) is 0. The van der Waals surface area contributed by atoms with Gasteiger partial charge in [0.15, 0.2) is 0 Å². The number of carboxylic acids is 1. The van der Waals surface area contributed by atoms with E-state index in [1.807, 2.05) is 7.05 Å². The molecule has 0 amide bonds. The van der Waals surface area contributed by atoms with E-state index in [0.717, 1.165) is 26.2 Å². The molecule has 0 aromatic heterocycles. The molecule has 0 bridgehead atoms. The summed E-state index contributed by atoms with van der Waals surface area (Å²) in [6.45, 7) is 6.82. The summed E-state index contributed by atoms with van der Waals surface area (Å²) in [4.78, 5) is 9.59. The molecule has 0 aromatic carbocycles. The first-order valence-electron chi connectivity index (χ1n) is 4.82. The molecular weight excluding hydrogens is 290 g/mol. The second-order valence-electron chi connectivity index (χ2n) is 3.12. The smallest absolute Gasteiger partial charge is 0.550 e. The number of carbonyl (C=O) groups is 1. The van der Waals surface area contributed by atoms with Crippen LogP contribution in [0, 0.1) is 5.92 Å². The fourth-order valence-electron chi connectivity index (χ4n) is 0.440. The monoisotopic (exact) mass is 311 g/mol. The van der Waals surface area contributed by atoms with Gasteiger partial charge in [-0.25, -0.2) is 0 Å². The van der Waals surface area contributed by atoms with Gasteiger partial charge in [0.2, 0.25) is 0 Å². The first-order valence-corrected chi connectivity index (χ1v) is 4.82. The molecule has 0 radical (unpaired) electrons. The zero-order valence-electron chi connectivity index (χ0n) is 9.60. The third-order valence-corrected chi connectivity index (χ3v) is 1.34. The van der Waals surface area contributed by atoms with Gasteiger partial charge in [-0.2, -0.15) is 0 Å². The minimum Gasteiger partial charge on any atom is -0.550 e. The second-order valence-corrected chi connectivity index (χ2v) is 3.12. The molecule has 0 unspecified atom stereocenters. The summed E-state index contributed by atoms with van der Waals surface area (Å²) in [7, 11) is 1.93. The molecule has 0 aliphatic rings. The van der Waals surface area contributed by atoms with Gasteiger partial charge in [-0.1, -0.05) is 13.8 Å². The van der Waals surface area contributed by atoms with Crippen LogP contribution in [0.2, 0.25) is 0 Å². The van der Waals surface area contributed by atoms with Crippen molar-refractivity contribution in [1.82, 2.24) is 10.6 Å². The molecule has 96 valence electrons. The number of carboxylic acid groups (broad SMARTS) is 1. The molecule has 0 aliphatic heterocycles. The fourth-order valence-corrected chi connectivity index (χ4v) is 0.440. The van der Waals surface area contributed by atoms with E-state index in [1.165, 1.54) is 0 Å². The second kappa shape index (κ2) is 16.5. The maximum Gasteiger partial charge on any atom is 1.00 e. The predicted octanol–water partition coefficient (Wildman–Crippen LogP) is -1.86. The van der Waals surface area contributed by atoms with Gasteiger partial charge in [-0.15, -0.1) is 0 Å². The number of hydrogen-bond donors (Lipinski definition) is 3. The summed E-state index contributed by atoms with van der Waals surface area (Å²) in [6.07, 6.45) is 0. The summed E-state index contributed by atoms with van der Waals surface area (Å²) >= 11 is 0. The minimum atomic E-state index is -0.991. The molecule has 0 saturated heterocycles. The maximum atomic E-state index is 9.59. The van der Waals surface area contributed by atoms with Crippen LogP contribution < -0.4 is 21.5 Å². The molecule has 0 saturated carbocycles. The van der Waals surface area contributed by atoms with Gasteiger partial charge in [0.1, 0.15) is 0 Å². The topological polar surface area (TPSA) is 90.2 Å². The van der Waals surface area contributed by atoms with Gasteiger partial charge < -0.3 is 26.3 Å². The Morgan fingerprint density at radius 1 is 1.33 bits per heavy atom. The van der Waals surface area contributed by atoms with Crippen molar-refractivity contribution >= 4 is 5.97 Å². The molecule has 6 heteroatoms. The van der Waals surface area contributed by atoms with Gasteiger partial charge in [0, 0.05) is 32.1 Å². The average Bonchev–Trinajstić information content (AvgIpc) is 2.13. The van der Waals surface area contributed by atoms with Crippen molar-refractivity contribution in [3.8, 4) is 0 Å². The molecule has 0 aromatic rings. The zero-order chi connectivity index (χ0) is 11.4. The zero-order valence-corrected chi connectivity index (χ0v) is 11.1. The van der Waals surface area contributed by atoms with Crippen molar-refractivity contribution in [1.29, 1.82) is 0 Å². The summed E-state index contributed by atoms with van der Waals surface area (Å²) < 4.78 is 0. The molecule has 0 fully saturated rings. The quantitative estimate of drug-likeness (QED) is 0.395. The van der Waals surface area contributed by atoms with Gasteiger partial charge >= 0.3 is 22.4 Å². The largest absolute Gasteiger partial charge is 1.00 e. The van der Waals surface area contributed by atoms with Crippen LogP contribution in [-0.4, -0.2) is 39.2 Å². The number of nitrogens with two attached hydrogens (primary N) is 1. The van der Waals surface area contributed by atoms with Crippen molar-refractivity contribution in [3.05, 3.63) is 0 Å². The summed E-state index contributed by atoms with van der Waals surface area (Å²) in [5.41, 5.74) is 5.23. The number of hydrogen-bond acceptors (Lipinski definition) is 5. The third kappa shape index (κ3) is 24.9. The number of likely N-dealkylation sites (N-methyl/N-ethyl adjacent to an activating group) is 1. The number of nitrogens with one attached hydrogen (secondary N) is 2. The Kier molecular flexibility index (Phi) is 22.6. The Morgan fingerprint density at radius 3 is 2.07 bits per heavy atom. The van der Waals surface area contributed by atoms with E-state index in [-0.39, 0.29) is 28.3 Å². The first kappa shape index (κ1) is 20.5. The summed E-state index contributed by atoms with van der Waals surface area (Å²) in [5, 5.41) is 15.8. The van der Waals surface area contributed by atoms with Crippen molar-refractivity contribution in [3.63, 3.8) is 0 Å². The van der Waals surface area contributed by atoms with Crippen LogP contribution in [0.5, 0.6) is 0 Å². The van der Waals surface area contributed by atoms with Gasteiger partial charge in [-0.3, -0.25) is 0 Å². The van der Waals surface area contributed by atoms with E-state index in [1.54, 1.807) is 13.8 Å². The molecule has 0 rings (SSSR count). The van der Waals surface area contributed by atoms with Crippen molar-refractivity contribution < 1.29 is 32.3 Å². The average molecular weight is 312 g/mol. The molecule has 0 heterocycles. The molecule has 0 atom stereocenters. The predicted molar refractivity (Wildman–Crippen MR) is 55.7 cm³/mol. The fraction of sp³-hybridized carbons (Fsp3) is 0.889. The molecule has 0 spiro atoms. The van der Waals surface area contributed by atoms with E-state index < -0.39 is 5.97 Å². The van der Waals surface area contributed by atoms with Gasteiger partial charge in [0.05, 0.1) is 0 Å². The van der Waals surface area contributed by atoms with E-state index in [9.17, 15) is 9.90 Å². The molecule has 4 N–H and O–H groups in total. The Labute approximate surface area is 108 Å². The van der Waals surface area contributed by atoms with Crippen LogP contribution >= 0.6 is 0 Å². The third-order valence-electron chi connectivity index (χ3n) is 1.34. The molecule has 15 heavy (non-hydrogen) atoms. The first-order chi connectivity index (χ1) is 6.56.